The lowest BCUT2D eigenvalue weighted by molar-refractivity contribution is -0.0212. The monoisotopic (exact) mass is 498 g/mol. The first-order chi connectivity index (χ1) is 17.0. The van der Waals surface area contributed by atoms with Gasteiger partial charge in [-0.05, 0) is 81.6 Å². The molecule has 1 saturated heterocycles. The number of unbranched alkanes of at least 4 members (excludes halogenated alkanes) is 1. The maximum absolute atomic E-state index is 11.3. The fraction of sp³-hybridized carbons (Fsp3) is 0.519. The first-order valence-corrected chi connectivity index (χ1v) is 12.8. The van der Waals surface area contributed by atoms with Gasteiger partial charge in [0.05, 0.1) is 35.6 Å². The third-order valence-corrected chi connectivity index (χ3v) is 7.70. The Balaban J connectivity index is 1.43. The minimum atomic E-state index is -0.754. The molecule has 3 aromatic rings. The van der Waals surface area contributed by atoms with Crippen LogP contribution in [-0.2, 0) is 6.42 Å². The highest BCUT2D eigenvalue weighted by Gasteiger charge is 2.39. The summed E-state index contributed by atoms with van der Waals surface area (Å²) < 4.78 is 5.37. The second-order valence-corrected chi connectivity index (χ2v) is 9.94. The number of pyridine rings is 1. The van der Waals surface area contributed by atoms with Crippen molar-refractivity contribution >= 4 is 22.5 Å². The van der Waals surface area contributed by atoms with Crippen LogP contribution in [0.1, 0.15) is 62.3 Å². The Bertz CT molecular complexity index is 1090. The molecule has 188 valence electrons. The molecule has 0 radical (unpaired) electrons. The largest absolute Gasteiger partial charge is 0.497 e. The number of aliphatic hydroxyl groups is 2. The van der Waals surface area contributed by atoms with E-state index in [1.165, 1.54) is 0 Å². The van der Waals surface area contributed by atoms with Gasteiger partial charge in [0.2, 0.25) is 0 Å². The zero-order valence-corrected chi connectivity index (χ0v) is 21.0. The van der Waals surface area contributed by atoms with Crippen LogP contribution < -0.4 is 10.1 Å². The molecule has 0 bridgehead atoms. The van der Waals surface area contributed by atoms with Gasteiger partial charge in [0.1, 0.15) is 5.75 Å². The smallest absolute Gasteiger partial charge is 0.119 e. The summed E-state index contributed by atoms with van der Waals surface area (Å²) in [4.78, 5) is 12.9. The van der Waals surface area contributed by atoms with Gasteiger partial charge in [-0.2, -0.15) is 0 Å². The molecule has 35 heavy (non-hydrogen) atoms. The number of nitrogens with zero attached hydrogens (tertiary/aromatic N) is 3. The van der Waals surface area contributed by atoms with Crippen LogP contribution in [0.5, 0.6) is 5.75 Å². The van der Waals surface area contributed by atoms with Crippen LogP contribution in [0.2, 0.25) is 5.02 Å². The minimum absolute atomic E-state index is 0.216. The van der Waals surface area contributed by atoms with Gasteiger partial charge < -0.3 is 20.3 Å². The number of hydrogen-bond donors (Lipinski definition) is 3. The van der Waals surface area contributed by atoms with Gasteiger partial charge in [0.15, 0.2) is 0 Å². The highest BCUT2D eigenvalue weighted by Crippen LogP contribution is 2.43. The number of aliphatic hydroxyl groups excluding tert-OH is 2. The van der Waals surface area contributed by atoms with Gasteiger partial charge in [-0.1, -0.05) is 18.0 Å². The Labute approximate surface area is 211 Å². The number of rotatable bonds is 11. The van der Waals surface area contributed by atoms with Gasteiger partial charge >= 0.3 is 0 Å². The molecular formula is C27H35ClN4O3. The maximum Gasteiger partial charge on any atom is 0.119 e. The number of halogens is 1. The Hall–Kier alpha value is -2.32. The van der Waals surface area contributed by atoms with Crippen molar-refractivity contribution in [3.8, 4) is 5.75 Å². The first-order valence-electron chi connectivity index (χ1n) is 12.5. The molecule has 0 saturated carbocycles. The van der Waals surface area contributed by atoms with Crippen molar-refractivity contribution in [3.05, 3.63) is 59.3 Å². The summed E-state index contributed by atoms with van der Waals surface area (Å²) in [5, 5.41) is 27.2. The number of fused-ring (bicyclic) bond motifs is 1. The van der Waals surface area contributed by atoms with Crippen LogP contribution >= 0.6 is 11.6 Å². The van der Waals surface area contributed by atoms with E-state index in [4.69, 9.17) is 16.3 Å². The fourth-order valence-corrected chi connectivity index (χ4v) is 5.56. The molecule has 3 N–H and O–H groups in total. The van der Waals surface area contributed by atoms with E-state index >= 15 is 0 Å². The minimum Gasteiger partial charge on any atom is -0.497 e. The van der Waals surface area contributed by atoms with Crippen LogP contribution in [0.3, 0.4) is 0 Å². The quantitative estimate of drug-likeness (QED) is 0.331. The summed E-state index contributed by atoms with van der Waals surface area (Å²) in [6, 6.07) is 5.60. The van der Waals surface area contributed by atoms with Crippen molar-refractivity contribution in [2.45, 2.75) is 63.6 Å². The van der Waals surface area contributed by atoms with Crippen LogP contribution in [-0.4, -0.2) is 51.5 Å². The lowest BCUT2D eigenvalue weighted by Gasteiger charge is -2.42. The number of aromatic nitrogens is 3. The van der Waals surface area contributed by atoms with Gasteiger partial charge in [-0.3, -0.25) is 15.0 Å². The lowest BCUT2D eigenvalue weighted by atomic mass is 9.69. The second kappa shape index (κ2) is 12.1. The van der Waals surface area contributed by atoms with E-state index in [0.717, 1.165) is 74.6 Å². The summed E-state index contributed by atoms with van der Waals surface area (Å²) in [6.45, 7) is 1.76. The van der Waals surface area contributed by atoms with Crippen LogP contribution in [0.25, 0.3) is 10.9 Å². The SMILES string of the molecule is COc1ccc2ncc(Cl)c([C@H](O)CCC3([C@@H](O)CCCCc4cnccn4)CCNCC3)c2c1. The molecular weight excluding hydrogens is 464 g/mol. The predicted molar refractivity (Wildman–Crippen MR) is 138 cm³/mol. The molecule has 3 heterocycles. The predicted octanol–water partition coefficient (Wildman–Crippen LogP) is 4.64. The Morgan fingerprint density at radius 2 is 1.91 bits per heavy atom. The van der Waals surface area contributed by atoms with E-state index in [0.29, 0.717) is 22.8 Å². The van der Waals surface area contributed by atoms with Crippen molar-refractivity contribution in [3.63, 3.8) is 0 Å². The number of hydrogen-bond acceptors (Lipinski definition) is 7. The molecule has 0 unspecified atom stereocenters. The molecule has 0 aliphatic carbocycles. The molecule has 1 fully saturated rings. The van der Waals surface area contributed by atoms with Gasteiger partial charge in [0, 0.05) is 35.7 Å². The van der Waals surface area contributed by atoms with Crippen molar-refractivity contribution in [1.29, 1.82) is 0 Å². The molecule has 2 aromatic heterocycles. The summed E-state index contributed by atoms with van der Waals surface area (Å²) in [7, 11) is 1.62. The standard InChI is InChI=1S/C27H35ClN4O3/c1-35-20-6-7-23-21(16-20)26(22(28)18-32-23)24(33)8-9-27(10-12-29-13-11-27)25(34)5-3-2-4-19-17-30-14-15-31-19/h6-7,14-18,24-25,29,33-34H,2-5,8-13H2,1H3/t24-,25+/m1/s1. The third kappa shape index (κ3) is 6.28. The zero-order valence-electron chi connectivity index (χ0n) is 20.3. The number of nitrogens with one attached hydrogen (secondary N) is 1. The molecule has 2 atom stereocenters. The topological polar surface area (TPSA) is 100 Å². The molecule has 1 aromatic carbocycles. The van der Waals surface area contributed by atoms with Crippen LogP contribution in [0.4, 0.5) is 0 Å². The Morgan fingerprint density at radius 1 is 1.09 bits per heavy atom. The molecule has 1 aliphatic rings. The molecule has 4 rings (SSSR count). The normalized spacial score (nSPS) is 17.3. The molecule has 0 spiro atoms. The maximum atomic E-state index is 11.3. The number of benzene rings is 1. The average molecular weight is 499 g/mol. The first kappa shape index (κ1) is 25.8. The van der Waals surface area contributed by atoms with E-state index < -0.39 is 12.2 Å². The Kier molecular flexibility index (Phi) is 8.89. The zero-order chi connectivity index (χ0) is 24.7. The van der Waals surface area contributed by atoms with Crippen molar-refractivity contribution in [1.82, 2.24) is 20.3 Å². The van der Waals surface area contributed by atoms with Crippen molar-refractivity contribution < 1.29 is 14.9 Å². The fourth-order valence-electron chi connectivity index (χ4n) is 5.29. The van der Waals surface area contributed by atoms with E-state index in [1.807, 2.05) is 18.2 Å². The Morgan fingerprint density at radius 3 is 2.66 bits per heavy atom. The van der Waals surface area contributed by atoms with E-state index in [1.54, 1.807) is 31.9 Å². The number of methoxy groups -OCH3 is 1. The van der Waals surface area contributed by atoms with E-state index in [9.17, 15) is 10.2 Å². The number of ether oxygens (including phenoxy) is 1. The number of aryl methyl sites for hydroxylation is 1. The summed E-state index contributed by atoms with van der Waals surface area (Å²) in [6.07, 6.45) is 12.2. The van der Waals surface area contributed by atoms with Gasteiger partial charge in [-0.25, -0.2) is 0 Å². The molecule has 7 nitrogen and oxygen atoms in total. The van der Waals surface area contributed by atoms with E-state index in [-0.39, 0.29) is 5.41 Å². The molecule has 1 aliphatic heterocycles. The molecule has 0 amide bonds. The van der Waals surface area contributed by atoms with E-state index in [2.05, 4.69) is 20.3 Å². The highest BCUT2D eigenvalue weighted by molar-refractivity contribution is 6.32. The summed E-state index contributed by atoms with van der Waals surface area (Å²) in [5.74, 6) is 0.696. The highest BCUT2D eigenvalue weighted by atomic mass is 35.5. The van der Waals surface area contributed by atoms with Gasteiger partial charge in [-0.15, -0.1) is 0 Å². The number of piperidine rings is 1. The summed E-state index contributed by atoms with van der Waals surface area (Å²) >= 11 is 6.52. The van der Waals surface area contributed by atoms with Crippen molar-refractivity contribution in [2.75, 3.05) is 20.2 Å². The third-order valence-electron chi connectivity index (χ3n) is 7.40. The molecule has 8 heteroatoms. The van der Waals surface area contributed by atoms with Gasteiger partial charge in [0.25, 0.3) is 0 Å². The van der Waals surface area contributed by atoms with Crippen molar-refractivity contribution in [2.24, 2.45) is 5.41 Å². The van der Waals surface area contributed by atoms with Crippen LogP contribution in [0, 0.1) is 5.41 Å². The summed E-state index contributed by atoms with van der Waals surface area (Å²) in [5.41, 5.74) is 2.22. The van der Waals surface area contributed by atoms with Crippen LogP contribution in [0.15, 0.2) is 43.0 Å². The average Bonchev–Trinajstić information content (AvgIpc) is 2.90. The lowest BCUT2D eigenvalue weighted by Crippen LogP contribution is -2.44. The second-order valence-electron chi connectivity index (χ2n) is 9.53.